The molecule has 1 aromatic rings. The summed E-state index contributed by atoms with van der Waals surface area (Å²) < 4.78 is 27.5. The number of halogens is 2. The third-order valence-corrected chi connectivity index (χ3v) is 6.63. The lowest BCUT2D eigenvalue weighted by atomic mass is 10.2. The minimum Gasteiger partial charge on any atom is -0.311 e. The van der Waals surface area contributed by atoms with Crippen molar-refractivity contribution in [2.24, 2.45) is 0 Å². The summed E-state index contributed by atoms with van der Waals surface area (Å²) in [5.74, 6) is 0. The molecule has 0 aliphatic carbocycles. The molecule has 106 valence electrons. The molecule has 2 atom stereocenters. The molecule has 0 radical (unpaired) electrons. The fourth-order valence-electron chi connectivity index (χ4n) is 2.17. The summed E-state index contributed by atoms with van der Waals surface area (Å²) in [5, 5.41) is 3.51. The maximum absolute atomic E-state index is 12.8. The van der Waals surface area contributed by atoms with Crippen LogP contribution in [0.4, 0.5) is 0 Å². The average molecular weight is 368 g/mol. The van der Waals surface area contributed by atoms with E-state index in [0.717, 1.165) is 0 Å². The van der Waals surface area contributed by atoms with Crippen molar-refractivity contribution in [2.75, 3.05) is 13.1 Å². The van der Waals surface area contributed by atoms with Gasteiger partial charge in [0.15, 0.2) is 0 Å². The molecule has 1 N–H and O–H groups in total. The molecule has 2 unspecified atom stereocenters. The number of hydrogen-bond donors (Lipinski definition) is 1. The van der Waals surface area contributed by atoms with E-state index < -0.39 is 10.0 Å². The highest BCUT2D eigenvalue weighted by Crippen LogP contribution is 2.33. The number of benzene rings is 1. The maximum Gasteiger partial charge on any atom is 0.246 e. The second-order valence-corrected chi connectivity index (χ2v) is 7.87. The Morgan fingerprint density at radius 1 is 1.42 bits per heavy atom. The lowest BCUT2D eigenvalue weighted by molar-refractivity contribution is 0.244. The van der Waals surface area contributed by atoms with Crippen LogP contribution >= 0.6 is 27.5 Å². The van der Waals surface area contributed by atoms with Crippen LogP contribution in [0, 0.1) is 0 Å². The van der Waals surface area contributed by atoms with E-state index in [1.807, 2.05) is 13.8 Å². The van der Waals surface area contributed by atoms with Gasteiger partial charge in [0.25, 0.3) is 0 Å². The zero-order chi connectivity index (χ0) is 14.2. The highest BCUT2D eigenvalue weighted by Gasteiger charge is 2.35. The molecule has 1 aliphatic rings. The van der Waals surface area contributed by atoms with Gasteiger partial charge in [0, 0.05) is 29.6 Å². The van der Waals surface area contributed by atoms with Gasteiger partial charge < -0.3 is 5.32 Å². The Balaban J connectivity index is 2.47. The zero-order valence-corrected chi connectivity index (χ0v) is 13.9. The van der Waals surface area contributed by atoms with Gasteiger partial charge in [-0.2, -0.15) is 4.31 Å². The first-order chi connectivity index (χ1) is 8.84. The van der Waals surface area contributed by atoms with Gasteiger partial charge in [-0.25, -0.2) is 8.42 Å². The molecule has 0 amide bonds. The molecule has 7 heteroatoms. The lowest BCUT2D eigenvalue weighted by Gasteiger charge is -2.36. The topological polar surface area (TPSA) is 49.4 Å². The van der Waals surface area contributed by atoms with E-state index in [9.17, 15) is 8.42 Å². The predicted molar refractivity (Wildman–Crippen MR) is 80.0 cm³/mol. The molecule has 0 saturated carbocycles. The quantitative estimate of drug-likeness (QED) is 0.873. The first-order valence-electron chi connectivity index (χ1n) is 6.03. The summed E-state index contributed by atoms with van der Waals surface area (Å²) in [4.78, 5) is 0.151. The second-order valence-electron chi connectivity index (χ2n) is 4.78. The van der Waals surface area contributed by atoms with E-state index in [2.05, 4.69) is 21.2 Å². The van der Waals surface area contributed by atoms with Gasteiger partial charge in [-0.05, 0) is 41.9 Å². The Morgan fingerprint density at radius 3 is 2.74 bits per heavy atom. The van der Waals surface area contributed by atoms with Crippen LogP contribution in [0.25, 0.3) is 0 Å². The average Bonchev–Trinajstić information content (AvgIpc) is 2.31. The fourth-order valence-corrected chi connectivity index (χ4v) is 5.56. The van der Waals surface area contributed by atoms with Crippen LogP contribution in [0.5, 0.6) is 0 Å². The molecular formula is C12H16BrClN2O2S. The zero-order valence-electron chi connectivity index (χ0n) is 10.7. The van der Waals surface area contributed by atoms with E-state index in [4.69, 9.17) is 11.6 Å². The molecule has 1 aromatic carbocycles. The molecule has 1 fully saturated rings. The summed E-state index contributed by atoms with van der Waals surface area (Å²) in [5.41, 5.74) is 0. The Morgan fingerprint density at radius 2 is 2.11 bits per heavy atom. The molecule has 0 bridgehead atoms. The summed E-state index contributed by atoms with van der Waals surface area (Å²) in [7, 11) is -3.59. The van der Waals surface area contributed by atoms with Crippen molar-refractivity contribution in [3.05, 3.63) is 27.7 Å². The smallest absolute Gasteiger partial charge is 0.246 e. The Hall–Kier alpha value is -0.140. The van der Waals surface area contributed by atoms with Gasteiger partial charge in [0.05, 0.1) is 5.02 Å². The molecule has 1 saturated heterocycles. The Bertz CT molecular complexity index is 559. The minimum absolute atomic E-state index is 0.0932. The molecule has 1 heterocycles. The van der Waals surface area contributed by atoms with Crippen LogP contribution in [-0.4, -0.2) is 37.9 Å². The van der Waals surface area contributed by atoms with Crippen molar-refractivity contribution in [3.63, 3.8) is 0 Å². The molecular weight excluding hydrogens is 352 g/mol. The Kier molecular flexibility index (Phi) is 4.57. The van der Waals surface area contributed by atoms with E-state index in [0.29, 0.717) is 17.6 Å². The van der Waals surface area contributed by atoms with Crippen LogP contribution in [0.3, 0.4) is 0 Å². The first kappa shape index (κ1) is 15.3. The molecule has 4 nitrogen and oxygen atoms in total. The van der Waals surface area contributed by atoms with E-state index in [1.165, 1.54) is 4.31 Å². The van der Waals surface area contributed by atoms with Gasteiger partial charge >= 0.3 is 0 Å². The van der Waals surface area contributed by atoms with Crippen LogP contribution < -0.4 is 5.32 Å². The highest BCUT2D eigenvalue weighted by molar-refractivity contribution is 9.10. The standard InChI is InChI=1S/C12H16BrClN2O2S/c1-8-7-16(9(2)6-15-8)19(17,18)12-10(13)4-3-5-11(12)14/h3-5,8-9,15H,6-7H2,1-2H3. The predicted octanol–water partition coefficient (Wildman–Crippen LogP) is 2.47. The molecule has 1 aliphatic heterocycles. The third-order valence-electron chi connectivity index (χ3n) is 3.19. The lowest BCUT2D eigenvalue weighted by Crippen LogP contribution is -2.56. The second kappa shape index (κ2) is 5.69. The number of nitrogens with one attached hydrogen (secondary N) is 1. The van der Waals surface area contributed by atoms with Gasteiger partial charge in [0.1, 0.15) is 4.90 Å². The number of sulfonamides is 1. The fraction of sp³-hybridized carbons (Fsp3) is 0.500. The minimum atomic E-state index is -3.59. The molecule has 0 spiro atoms. The van der Waals surface area contributed by atoms with Gasteiger partial charge in [0.2, 0.25) is 10.0 Å². The molecule has 19 heavy (non-hydrogen) atoms. The van der Waals surface area contributed by atoms with E-state index in [1.54, 1.807) is 18.2 Å². The van der Waals surface area contributed by atoms with Crippen LogP contribution in [-0.2, 0) is 10.0 Å². The first-order valence-corrected chi connectivity index (χ1v) is 8.64. The normalized spacial score (nSPS) is 25.5. The summed E-state index contributed by atoms with van der Waals surface area (Å²) in [6.45, 7) is 4.95. The third kappa shape index (κ3) is 2.97. The van der Waals surface area contributed by atoms with Crippen LogP contribution in [0.2, 0.25) is 5.02 Å². The van der Waals surface area contributed by atoms with Gasteiger partial charge in [-0.15, -0.1) is 0 Å². The van der Waals surface area contributed by atoms with E-state index in [-0.39, 0.29) is 22.0 Å². The maximum atomic E-state index is 12.8. The number of nitrogens with zero attached hydrogens (tertiary/aromatic N) is 1. The number of piperazine rings is 1. The monoisotopic (exact) mass is 366 g/mol. The van der Waals surface area contributed by atoms with Crippen LogP contribution in [0.15, 0.2) is 27.6 Å². The molecule has 2 rings (SSSR count). The van der Waals surface area contributed by atoms with Gasteiger partial charge in [-0.1, -0.05) is 17.7 Å². The van der Waals surface area contributed by atoms with Crippen molar-refractivity contribution in [2.45, 2.75) is 30.8 Å². The van der Waals surface area contributed by atoms with E-state index >= 15 is 0 Å². The Labute approximate surface area is 127 Å². The summed E-state index contributed by atoms with van der Waals surface area (Å²) in [6, 6.07) is 5.04. The number of rotatable bonds is 2. The van der Waals surface area contributed by atoms with Crippen molar-refractivity contribution >= 4 is 37.6 Å². The summed E-state index contributed by atoms with van der Waals surface area (Å²) in [6.07, 6.45) is 0. The van der Waals surface area contributed by atoms with Crippen molar-refractivity contribution in [1.82, 2.24) is 9.62 Å². The highest BCUT2D eigenvalue weighted by atomic mass is 79.9. The van der Waals surface area contributed by atoms with Crippen molar-refractivity contribution < 1.29 is 8.42 Å². The molecule has 0 aromatic heterocycles. The number of hydrogen-bond acceptors (Lipinski definition) is 3. The largest absolute Gasteiger partial charge is 0.311 e. The van der Waals surface area contributed by atoms with Crippen molar-refractivity contribution in [3.8, 4) is 0 Å². The van der Waals surface area contributed by atoms with Gasteiger partial charge in [-0.3, -0.25) is 0 Å². The SMILES string of the molecule is CC1CN(S(=O)(=O)c2c(Cl)cccc2Br)C(C)CN1. The van der Waals surface area contributed by atoms with Crippen molar-refractivity contribution in [1.29, 1.82) is 0 Å². The van der Waals surface area contributed by atoms with Crippen LogP contribution in [0.1, 0.15) is 13.8 Å². The summed E-state index contributed by atoms with van der Waals surface area (Å²) >= 11 is 9.34.